The van der Waals surface area contributed by atoms with E-state index in [0.29, 0.717) is 24.5 Å². The Morgan fingerprint density at radius 3 is 2.35 bits per heavy atom. The highest BCUT2D eigenvalue weighted by molar-refractivity contribution is 7.89. The molecule has 0 radical (unpaired) electrons. The van der Waals surface area contributed by atoms with Gasteiger partial charge in [-0.25, -0.2) is 8.42 Å². The number of piperidine rings is 1. The highest BCUT2D eigenvalue weighted by Crippen LogP contribution is 2.30. The van der Waals surface area contributed by atoms with Crippen LogP contribution in [-0.4, -0.2) is 45.4 Å². The molecule has 0 bridgehead atoms. The molecule has 0 spiro atoms. The molecule has 8 heteroatoms. The average Bonchev–Trinajstić information content (AvgIpc) is 2.73. The van der Waals surface area contributed by atoms with Crippen molar-refractivity contribution in [1.82, 2.24) is 4.31 Å². The smallest absolute Gasteiger partial charge is 0.243 e. The van der Waals surface area contributed by atoms with Gasteiger partial charge in [0, 0.05) is 13.1 Å². The van der Waals surface area contributed by atoms with Crippen LogP contribution in [0.2, 0.25) is 0 Å². The van der Waals surface area contributed by atoms with E-state index >= 15 is 0 Å². The zero-order valence-electron chi connectivity index (χ0n) is 18.3. The quantitative estimate of drug-likeness (QED) is 0.665. The highest BCUT2D eigenvalue weighted by Gasteiger charge is 2.27. The number of amides is 1. The van der Waals surface area contributed by atoms with Gasteiger partial charge in [-0.05, 0) is 68.1 Å². The molecule has 7 nitrogen and oxygen atoms in total. The molecule has 1 aliphatic rings. The number of carbonyl (C=O) groups is 1. The lowest BCUT2D eigenvalue weighted by molar-refractivity contribution is -0.116. The number of aryl methyl sites for hydroxylation is 2. The maximum Gasteiger partial charge on any atom is 0.243 e. The standard InChI is InChI=1S/C23H30N2O5S/c1-17-13-18(2)15-19(14-17)30-12-9-23(26)24-21-16-20(7-8-22(21)29-3)31(27,28)25-10-5-4-6-11-25/h7-8,13-16H,4-6,9-12H2,1-3H3,(H,24,26). The molecule has 0 aromatic heterocycles. The minimum absolute atomic E-state index is 0.124. The van der Waals surface area contributed by atoms with Gasteiger partial charge < -0.3 is 14.8 Å². The van der Waals surface area contributed by atoms with Crippen LogP contribution in [0.5, 0.6) is 11.5 Å². The maximum atomic E-state index is 13.0. The molecular formula is C23H30N2O5S. The first kappa shape index (κ1) is 23.1. The molecular weight excluding hydrogens is 416 g/mol. The van der Waals surface area contributed by atoms with E-state index in [1.54, 1.807) is 6.07 Å². The minimum Gasteiger partial charge on any atom is -0.495 e. The fourth-order valence-electron chi connectivity index (χ4n) is 3.69. The Morgan fingerprint density at radius 2 is 1.71 bits per heavy atom. The van der Waals surface area contributed by atoms with Gasteiger partial charge in [-0.1, -0.05) is 12.5 Å². The van der Waals surface area contributed by atoms with Crippen LogP contribution in [0.3, 0.4) is 0 Å². The number of carbonyl (C=O) groups excluding carboxylic acids is 1. The molecule has 1 fully saturated rings. The number of methoxy groups -OCH3 is 1. The third-order valence-corrected chi connectivity index (χ3v) is 7.09. The summed E-state index contributed by atoms with van der Waals surface area (Å²) in [6.07, 6.45) is 2.89. The minimum atomic E-state index is -3.60. The summed E-state index contributed by atoms with van der Waals surface area (Å²) in [7, 11) is -2.13. The number of nitrogens with one attached hydrogen (secondary N) is 1. The van der Waals surface area contributed by atoms with E-state index in [1.165, 1.54) is 23.5 Å². The molecule has 0 atom stereocenters. The Labute approximate surface area is 184 Å². The van der Waals surface area contributed by atoms with Crippen molar-refractivity contribution in [1.29, 1.82) is 0 Å². The summed E-state index contributed by atoms with van der Waals surface area (Å²) in [6.45, 7) is 5.23. The molecule has 0 unspecified atom stereocenters. The van der Waals surface area contributed by atoms with Gasteiger partial charge in [-0.3, -0.25) is 4.79 Å². The summed E-state index contributed by atoms with van der Waals surface area (Å²) in [5, 5.41) is 2.76. The SMILES string of the molecule is COc1ccc(S(=O)(=O)N2CCCCC2)cc1NC(=O)CCOc1cc(C)cc(C)c1. The van der Waals surface area contributed by atoms with Crippen molar-refractivity contribution in [2.75, 3.05) is 32.1 Å². The zero-order chi connectivity index (χ0) is 22.4. The Hall–Kier alpha value is -2.58. The number of rotatable bonds is 8. The van der Waals surface area contributed by atoms with Crippen molar-refractivity contribution in [2.45, 2.75) is 44.4 Å². The predicted molar refractivity (Wildman–Crippen MR) is 120 cm³/mol. The van der Waals surface area contributed by atoms with Crippen molar-refractivity contribution in [2.24, 2.45) is 0 Å². The molecule has 168 valence electrons. The lowest BCUT2D eigenvalue weighted by Gasteiger charge is -2.26. The second-order valence-electron chi connectivity index (χ2n) is 7.80. The Balaban J connectivity index is 1.66. The predicted octanol–water partition coefficient (Wildman–Crippen LogP) is 3.89. The molecule has 1 aliphatic heterocycles. The Kier molecular flexibility index (Phi) is 7.56. The molecule has 1 heterocycles. The van der Waals surface area contributed by atoms with E-state index in [-0.39, 0.29) is 23.8 Å². The molecule has 1 amide bonds. The van der Waals surface area contributed by atoms with Gasteiger partial charge >= 0.3 is 0 Å². The fraction of sp³-hybridized carbons (Fsp3) is 0.435. The zero-order valence-corrected chi connectivity index (χ0v) is 19.1. The van der Waals surface area contributed by atoms with E-state index in [0.717, 1.165) is 36.1 Å². The molecule has 0 saturated carbocycles. The van der Waals surface area contributed by atoms with Crippen LogP contribution in [0, 0.1) is 13.8 Å². The van der Waals surface area contributed by atoms with Gasteiger partial charge in [0.2, 0.25) is 15.9 Å². The largest absolute Gasteiger partial charge is 0.495 e. The summed E-state index contributed by atoms with van der Waals surface area (Å²) < 4.78 is 38.4. The van der Waals surface area contributed by atoms with Crippen molar-refractivity contribution in [3.63, 3.8) is 0 Å². The van der Waals surface area contributed by atoms with Gasteiger partial charge in [0.15, 0.2) is 0 Å². The van der Waals surface area contributed by atoms with Gasteiger partial charge in [0.1, 0.15) is 11.5 Å². The number of sulfonamides is 1. The highest BCUT2D eigenvalue weighted by atomic mass is 32.2. The maximum absolute atomic E-state index is 13.0. The topological polar surface area (TPSA) is 84.9 Å². The Morgan fingerprint density at radius 1 is 1.03 bits per heavy atom. The normalized spacial score (nSPS) is 14.8. The van der Waals surface area contributed by atoms with Crippen LogP contribution in [0.4, 0.5) is 5.69 Å². The molecule has 3 rings (SSSR count). The average molecular weight is 447 g/mol. The summed E-state index contributed by atoms with van der Waals surface area (Å²) in [5.41, 5.74) is 2.52. The van der Waals surface area contributed by atoms with E-state index in [2.05, 4.69) is 11.4 Å². The van der Waals surface area contributed by atoms with Crippen molar-refractivity contribution >= 4 is 21.6 Å². The van der Waals surface area contributed by atoms with E-state index < -0.39 is 10.0 Å². The second-order valence-corrected chi connectivity index (χ2v) is 9.73. The lowest BCUT2D eigenvalue weighted by Crippen LogP contribution is -2.35. The fourth-order valence-corrected chi connectivity index (χ4v) is 5.23. The summed E-state index contributed by atoms with van der Waals surface area (Å²) in [5.74, 6) is 0.842. The molecule has 0 aliphatic carbocycles. The molecule has 2 aromatic carbocycles. The summed E-state index contributed by atoms with van der Waals surface area (Å²) >= 11 is 0. The number of anilines is 1. The summed E-state index contributed by atoms with van der Waals surface area (Å²) in [6, 6.07) is 10.4. The van der Waals surface area contributed by atoms with Crippen LogP contribution >= 0.6 is 0 Å². The first-order valence-corrected chi connectivity index (χ1v) is 11.9. The molecule has 1 N–H and O–H groups in total. The van der Waals surface area contributed by atoms with Crippen molar-refractivity contribution in [3.05, 3.63) is 47.5 Å². The van der Waals surface area contributed by atoms with E-state index in [1.807, 2.05) is 26.0 Å². The number of nitrogens with zero attached hydrogens (tertiary/aromatic N) is 1. The van der Waals surface area contributed by atoms with Crippen LogP contribution in [0.1, 0.15) is 36.8 Å². The number of benzene rings is 2. The first-order valence-electron chi connectivity index (χ1n) is 10.5. The van der Waals surface area contributed by atoms with Crippen LogP contribution in [0.15, 0.2) is 41.3 Å². The first-order chi connectivity index (χ1) is 14.8. The van der Waals surface area contributed by atoms with Crippen molar-refractivity contribution < 1.29 is 22.7 Å². The van der Waals surface area contributed by atoms with Crippen molar-refractivity contribution in [3.8, 4) is 11.5 Å². The third-order valence-electron chi connectivity index (χ3n) is 5.19. The van der Waals surface area contributed by atoms with Gasteiger partial charge in [-0.15, -0.1) is 0 Å². The third kappa shape index (κ3) is 5.98. The number of ether oxygens (including phenoxy) is 2. The van der Waals surface area contributed by atoms with Gasteiger partial charge in [0.05, 0.1) is 30.7 Å². The lowest BCUT2D eigenvalue weighted by atomic mass is 10.1. The van der Waals surface area contributed by atoms with Crippen LogP contribution in [-0.2, 0) is 14.8 Å². The molecule has 1 saturated heterocycles. The summed E-state index contributed by atoms with van der Waals surface area (Å²) in [4.78, 5) is 12.6. The molecule has 31 heavy (non-hydrogen) atoms. The molecule has 2 aromatic rings. The number of hydrogen-bond donors (Lipinski definition) is 1. The number of hydrogen-bond acceptors (Lipinski definition) is 5. The van der Waals surface area contributed by atoms with Crippen LogP contribution < -0.4 is 14.8 Å². The van der Waals surface area contributed by atoms with Gasteiger partial charge in [0.25, 0.3) is 0 Å². The van der Waals surface area contributed by atoms with E-state index in [4.69, 9.17) is 9.47 Å². The monoisotopic (exact) mass is 446 g/mol. The van der Waals surface area contributed by atoms with Crippen LogP contribution in [0.25, 0.3) is 0 Å². The Bertz CT molecular complexity index is 1010. The van der Waals surface area contributed by atoms with E-state index in [9.17, 15) is 13.2 Å². The second kappa shape index (κ2) is 10.2. The van der Waals surface area contributed by atoms with Gasteiger partial charge in [-0.2, -0.15) is 4.31 Å².